The third-order valence-electron chi connectivity index (χ3n) is 3.66. The van der Waals surface area contributed by atoms with Gasteiger partial charge in [0.05, 0.1) is 6.61 Å². The number of hydrogen-bond acceptors (Lipinski definition) is 6. The van der Waals surface area contributed by atoms with Gasteiger partial charge >= 0.3 is 5.97 Å². The molecule has 7 heteroatoms. The van der Waals surface area contributed by atoms with Crippen molar-refractivity contribution >= 4 is 23.3 Å². The number of benzene rings is 1. The molecule has 1 aromatic rings. The highest BCUT2D eigenvalue weighted by Gasteiger charge is 2.31. The normalized spacial score (nSPS) is 17.8. The van der Waals surface area contributed by atoms with E-state index in [0.717, 1.165) is 0 Å². The maximum absolute atomic E-state index is 12.2. The summed E-state index contributed by atoms with van der Waals surface area (Å²) in [5.74, 6) is 0.0292. The SMILES string of the molecule is CCOC(=O)[C@@H](Oc1ccc(Cl)cc1C1=NOCC1OCC)C(C)C. The first-order valence-corrected chi connectivity index (χ1v) is 8.80. The van der Waals surface area contributed by atoms with Gasteiger partial charge in [-0.3, -0.25) is 0 Å². The molecule has 1 aliphatic heterocycles. The Balaban J connectivity index is 2.33. The fourth-order valence-electron chi connectivity index (χ4n) is 2.49. The van der Waals surface area contributed by atoms with Gasteiger partial charge < -0.3 is 19.0 Å². The van der Waals surface area contributed by atoms with Gasteiger partial charge in [-0.05, 0) is 32.0 Å². The second kappa shape index (κ2) is 9.06. The molecule has 2 atom stereocenters. The van der Waals surface area contributed by atoms with E-state index in [1.807, 2.05) is 20.8 Å². The number of carbonyl (C=O) groups excluding carboxylic acids is 1. The summed E-state index contributed by atoms with van der Waals surface area (Å²) in [4.78, 5) is 17.4. The predicted octanol–water partition coefficient (Wildman–Crippen LogP) is 3.45. The van der Waals surface area contributed by atoms with Crippen LogP contribution in [0.3, 0.4) is 0 Å². The quantitative estimate of drug-likeness (QED) is 0.656. The zero-order chi connectivity index (χ0) is 18.4. The van der Waals surface area contributed by atoms with E-state index < -0.39 is 12.1 Å². The van der Waals surface area contributed by atoms with Crippen LogP contribution in [0.4, 0.5) is 0 Å². The molecular weight excluding hydrogens is 346 g/mol. The van der Waals surface area contributed by atoms with Crippen LogP contribution in [0.2, 0.25) is 5.02 Å². The van der Waals surface area contributed by atoms with E-state index in [9.17, 15) is 4.79 Å². The van der Waals surface area contributed by atoms with Crippen LogP contribution in [-0.4, -0.2) is 43.7 Å². The molecule has 6 nitrogen and oxygen atoms in total. The molecule has 0 spiro atoms. The highest BCUT2D eigenvalue weighted by molar-refractivity contribution is 6.31. The largest absolute Gasteiger partial charge is 0.478 e. The van der Waals surface area contributed by atoms with E-state index in [1.165, 1.54) is 0 Å². The lowest BCUT2D eigenvalue weighted by molar-refractivity contribution is -0.153. The van der Waals surface area contributed by atoms with Crippen molar-refractivity contribution in [2.24, 2.45) is 11.1 Å². The molecule has 0 N–H and O–H groups in total. The molecule has 0 saturated carbocycles. The Kier molecular flexibility index (Phi) is 7.08. The van der Waals surface area contributed by atoms with Gasteiger partial charge in [0.1, 0.15) is 24.2 Å². The van der Waals surface area contributed by atoms with Crippen molar-refractivity contribution in [1.82, 2.24) is 0 Å². The molecule has 1 aromatic carbocycles. The van der Waals surface area contributed by atoms with Gasteiger partial charge in [0.15, 0.2) is 6.10 Å². The van der Waals surface area contributed by atoms with Crippen molar-refractivity contribution < 1.29 is 23.8 Å². The second-order valence-corrected chi connectivity index (χ2v) is 6.33. The number of nitrogens with zero attached hydrogens (tertiary/aromatic N) is 1. The monoisotopic (exact) mass is 369 g/mol. The van der Waals surface area contributed by atoms with Crippen molar-refractivity contribution in [2.75, 3.05) is 19.8 Å². The second-order valence-electron chi connectivity index (χ2n) is 5.89. The van der Waals surface area contributed by atoms with Crippen LogP contribution < -0.4 is 4.74 Å². The summed E-state index contributed by atoms with van der Waals surface area (Å²) < 4.78 is 16.8. The van der Waals surface area contributed by atoms with Gasteiger partial charge in [0.25, 0.3) is 0 Å². The number of oxime groups is 1. The van der Waals surface area contributed by atoms with Crippen molar-refractivity contribution in [3.05, 3.63) is 28.8 Å². The maximum atomic E-state index is 12.2. The molecule has 25 heavy (non-hydrogen) atoms. The molecule has 2 rings (SSSR count). The van der Waals surface area contributed by atoms with E-state index >= 15 is 0 Å². The highest BCUT2D eigenvalue weighted by Crippen LogP contribution is 2.29. The van der Waals surface area contributed by atoms with Crippen molar-refractivity contribution in [1.29, 1.82) is 0 Å². The minimum atomic E-state index is -0.728. The first-order chi connectivity index (χ1) is 12.0. The average molecular weight is 370 g/mol. The standard InChI is InChI=1S/C18H24ClNO5/c1-5-22-15-10-24-20-16(15)13-9-12(19)7-8-14(13)25-17(11(3)4)18(21)23-6-2/h7-9,11,15,17H,5-6,10H2,1-4H3/t15?,17-/m0/s1. The predicted molar refractivity (Wildman–Crippen MR) is 95.2 cm³/mol. The molecule has 0 amide bonds. The van der Waals surface area contributed by atoms with Crippen LogP contribution in [0.25, 0.3) is 0 Å². The van der Waals surface area contributed by atoms with Crippen molar-refractivity contribution in [3.63, 3.8) is 0 Å². The number of esters is 1. The van der Waals surface area contributed by atoms with Crippen LogP contribution in [0.15, 0.2) is 23.4 Å². The van der Waals surface area contributed by atoms with Crippen molar-refractivity contribution in [3.8, 4) is 5.75 Å². The number of carbonyl (C=O) groups is 1. The summed E-state index contributed by atoms with van der Waals surface area (Å²) in [5, 5.41) is 4.61. The third kappa shape index (κ3) is 4.86. The van der Waals surface area contributed by atoms with Crippen LogP contribution in [-0.2, 0) is 19.1 Å². The Morgan fingerprint density at radius 3 is 2.76 bits per heavy atom. The topological polar surface area (TPSA) is 66.4 Å². The summed E-state index contributed by atoms with van der Waals surface area (Å²) in [6, 6.07) is 5.16. The number of ether oxygens (including phenoxy) is 3. The Morgan fingerprint density at radius 1 is 1.36 bits per heavy atom. The van der Waals surface area contributed by atoms with Crippen LogP contribution >= 0.6 is 11.6 Å². The van der Waals surface area contributed by atoms with Crippen molar-refractivity contribution in [2.45, 2.75) is 39.9 Å². The van der Waals surface area contributed by atoms with Crippen LogP contribution in [0.1, 0.15) is 33.3 Å². The van der Waals surface area contributed by atoms with Gasteiger partial charge in [0, 0.05) is 23.1 Å². The molecule has 0 aromatic heterocycles. The summed E-state index contributed by atoms with van der Waals surface area (Å²) in [6.07, 6.45) is -1.03. The van der Waals surface area contributed by atoms with E-state index in [0.29, 0.717) is 41.9 Å². The van der Waals surface area contributed by atoms with Crippen LogP contribution in [0, 0.1) is 5.92 Å². The lowest BCUT2D eigenvalue weighted by Crippen LogP contribution is -2.35. The molecule has 1 aliphatic rings. The summed E-state index contributed by atoms with van der Waals surface area (Å²) >= 11 is 6.15. The molecule has 138 valence electrons. The number of halogens is 1. The summed E-state index contributed by atoms with van der Waals surface area (Å²) in [7, 11) is 0. The minimum Gasteiger partial charge on any atom is -0.478 e. The van der Waals surface area contributed by atoms with Gasteiger partial charge in [-0.25, -0.2) is 4.79 Å². The molecular formula is C18H24ClNO5. The zero-order valence-corrected chi connectivity index (χ0v) is 15.7. The molecule has 0 saturated heterocycles. The summed E-state index contributed by atoms with van der Waals surface area (Å²) in [5.41, 5.74) is 1.25. The van der Waals surface area contributed by atoms with E-state index in [4.69, 9.17) is 30.6 Å². The number of rotatable bonds is 8. The molecule has 1 heterocycles. The highest BCUT2D eigenvalue weighted by atomic mass is 35.5. The van der Waals surface area contributed by atoms with Crippen LogP contribution in [0.5, 0.6) is 5.75 Å². The Morgan fingerprint density at radius 2 is 2.12 bits per heavy atom. The van der Waals surface area contributed by atoms with Gasteiger partial charge in [-0.15, -0.1) is 0 Å². The molecule has 0 radical (unpaired) electrons. The van der Waals surface area contributed by atoms with E-state index in [2.05, 4.69) is 5.16 Å². The number of hydrogen-bond donors (Lipinski definition) is 0. The Labute approximate surface area is 153 Å². The van der Waals surface area contributed by atoms with E-state index in [1.54, 1.807) is 25.1 Å². The molecule has 1 unspecified atom stereocenters. The van der Waals surface area contributed by atoms with Gasteiger partial charge in [-0.1, -0.05) is 30.6 Å². The molecule has 0 aliphatic carbocycles. The molecule has 0 fully saturated rings. The maximum Gasteiger partial charge on any atom is 0.347 e. The lowest BCUT2D eigenvalue weighted by atomic mass is 10.0. The fourth-order valence-corrected chi connectivity index (χ4v) is 2.66. The first kappa shape index (κ1) is 19.5. The first-order valence-electron chi connectivity index (χ1n) is 8.42. The Hall–Kier alpha value is -1.79. The zero-order valence-electron chi connectivity index (χ0n) is 15.0. The minimum absolute atomic E-state index is 0.0629. The third-order valence-corrected chi connectivity index (χ3v) is 3.89. The van der Waals surface area contributed by atoms with Gasteiger partial charge in [-0.2, -0.15) is 0 Å². The smallest absolute Gasteiger partial charge is 0.347 e. The fraction of sp³-hybridized carbons (Fsp3) is 0.556. The average Bonchev–Trinajstić information content (AvgIpc) is 3.02. The van der Waals surface area contributed by atoms with E-state index in [-0.39, 0.29) is 12.0 Å². The lowest BCUT2D eigenvalue weighted by Gasteiger charge is -2.23. The summed E-state index contributed by atoms with van der Waals surface area (Å²) in [6.45, 7) is 8.63. The Bertz CT molecular complexity index is 632. The van der Waals surface area contributed by atoms with Gasteiger partial charge in [0.2, 0.25) is 0 Å². The molecule has 0 bridgehead atoms.